The smallest absolute Gasteiger partial charge is 0.171 e. The fourth-order valence-corrected chi connectivity index (χ4v) is 3.66. The van der Waals surface area contributed by atoms with Gasteiger partial charge in [0.15, 0.2) is 5.65 Å². The van der Waals surface area contributed by atoms with Crippen molar-refractivity contribution >= 4 is 50.6 Å². The van der Waals surface area contributed by atoms with Gasteiger partial charge in [0, 0.05) is 30.7 Å². The van der Waals surface area contributed by atoms with Crippen LogP contribution in [0.15, 0.2) is 48.8 Å². The minimum atomic E-state index is 0.639. The Kier molecular flexibility index (Phi) is 3.21. The Labute approximate surface area is 137 Å². The number of rotatable bonds is 1. The van der Waals surface area contributed by atoms with Gasteiger partial charge in [-0.25, -0.2) is 9.97 Å². The zero-order chi connectivity index (χ0) is 15.1. The molecule has 1 aromatic carbocycles. The molecule has 0 N–H and O–H groups in total. The minimum Gasteiger partial charge on any atom is -0.351 e. The molecule has 0 spiro atoms. The second-order valence-electron chi connectivity index (χ2n) is 5.07. The molecule has 0 atom stereocenters. The quantitative estimate of drug-likeness (QED) is 0.640. The first-order valence-electron chi connectivity index (χ1n) is 6.85. The highest BCUT2D eigenvalue weighted by molar-refractivity contribution is 7.19. The molecule has 1 aliphatic heterocycles. The third-order valence-corrected chi connectivity index (χ3v) is 4.73. The number of allylic oxidation sites excluding steroid dienone is 2. The number of thiazole rings is 1. The van der Waals surface area contributed by atoms with Gasteiger partial charge in [0.1, 0.15) is 5.01 Å². The predicted molar refractivity (Wildman–Crippen MR) is 94.3 cm³/mol. The second kappa shape index (κ2) is 5.23. The number of anilines is 1. The van der Waals surface area contributed by atoms with Crippen molar-refractivity contribution in [2.45, 2.75) is 0 Å². The van der Waals surface area contributed by atoms with Crippen molar-refractivity contribution in [2.75, 3.05) is 11.9 Å². The van der Waals surface area contributed by atoms with E-state index in [0.29, 0.717) is 5.02 Å². The molecule has 108 valence electrons. The lowest BCUT2D eigenvalue weighted by Gasteiger charge is -2.23. The van der Waals surface area contributed by atoms with Crippen molar-refractivity contribution in [2.24, 2.45) is 0 Å². The standard InChI is InChI=1S/C17H12ClN3S/c1-21-7-6-11(13-4-2-3-5-14(13)21)8-16-20-17-15(22-16)9-12(18)10-19-17/h2-10H,1H3/b11-8+. The van der Waals surface area contributed by atoms with Crippen LogP contribution in [0.5, 0.6) is 0 Å². The third kappa shape index (κ3) is 2.30. The summed E-state index contributed by atoms with van der Waals surface area (Å²) in [4.78, 5) is 10.9. The Morgan fingerprint density at radius 2 is 2.14 bits per heavy atom. The number of pyridine rings is 1. The molecule has 3 aromatic rings. The maximum Gasteiger partial charge on any atom is 0.171 e. The molecule has 2 aromatic heterocycles. The van der Waals surface area contributed by atoms with Crippen LogP contribution in [-0.2, 0) is 0 Å². The van der Waals surface area contributed by atoms with Gasteiger partial charge in [0.25, 0.3) is 0 Å². The maximum absolute atomic E-state index is 5.99. The normalized spacial score (nSPS) is 15.5. The Bertz CT molecular complexity index is 927. The molecule has 3 heterocycles. The van der Waals surface area contributed by atoms with Crippen molar-refractivity contribution in [1.82, 2.24) is 9.97 Å². The van der Waals surface area contributed by atoms with Gasteiger partial charge in [-0.3, -0.25) is 0 Å². The van der Waals surface area contributed by atoms with Crippen molar-refractivity contribution in [3.63, 3.8) is 0 Å². The first-order chi connectivity index (χ1) is 10.7. The zero-order valence-electron chi connectivity index (χ0n) is 11.8. The number of hydrogen-bond donors (Lipinski definition) is 0. The summed E-state index contributed by atoms with van der Waals surface area (Å²) >= 11 is 7.59. The Morgan fingerprint density at radius 1 is 1.27 bits per heavy atom. The summed E-state index contributed by atoms with van der Waals surface area (Å²) in [6.45, 7) is 0. The third-order valence-electron chi connectivity index (χ3n) is 3.58. The Morgan fingerprint density at radius 3 is 3.05 bits per heavy atom. The number of aromatic nitrogens is 2. The van der Waals surface area contributed by atoms with Crippen molar-refractivity contribution in [1.29, 1.82) is 0 Å². The highest BCUT2D eigenvalue weighted by atomic mass is 35.5. The molecule has 0 amide bonds. The van der Waals surface area contributed by atoms with E-state index in [0.717, 1.165) is 20.9 Å². The summed E-state index contributed by atoms with van der Waals surface area (Å²) in [5.74, 6) is 0. The van der Waals surface area contributed by atoms with Crippen LogP contribution in [0, 0.1) is 0 Å². The zero-order valence-corrected chi connectivity index (χ0v) is 13.4. The highest BCUT2D eigenvalue weighted by Crippen LogP contribution is 2.34. The molecular formula is C17H12ClN3S. The molecular weight excluding hydrogens is 314 g/mol. The molecule has 3 nitrogen and oxygen atoms in total. The number of hydrogen-bond acceptors (Lipinski definition) is 4. The van der Waals surface area contributed by atoms with E-state index in [2.05, 4.69) is 64.5 Å². The minimum absolute atomic E-state index is 0.639. The molecule has 1 aliphatic rings. The van der Waals surface area contributed by atoms with Crippen LogP contribution < -0.4 is 4.90 Å². The summed E-state index contributed by atoms with van der Waals surface area (Å²) in [5, 5.41) is 1.57. The topological polar surface area (TPSA) is 29.0 Å². The van der Waals surface area contributed by atoms with E-state index in [-0.39, 0.29) is 0 Å². The summed E-state index contributed by atoms with van der Waals surface area (Å²) < 4.78 is 1.00. The van der Waals surface area contributed by atoms with Gasteiger partial charge >= 0.3 is 0 Å². The summed E-state index contributed by atoms with van der Waals surface area (Å²) in [5.41, 5.74) is 4.29. The van der Waals surface area contributed by atoms with Gasteiger partial charge in [0.05, 0.1) is 9.72 Å². The van der Waals surface area contributed by atoms with Crippen LogP contribution in [0.4, 0.5) is 5.69 Å². The molecule has 0 radical (unpaired) electrons. The first kappa shape index (κ1) is 13.5. The first-order valence-corrected chi connectivity index (χ1v) is 8.04. The molecule has 22 heavy (non-hydrogen) atoms. The molecule has 4 rings (SSSR count). The number of nitrogens with zero attached hydrogens (tertiary/aromatic N) is 3. The Hall–Kier alpha value is -2.17. The monoisotopic (exact) mass is 325 g/mol. The van der Waals surface area contributed by atoms with Crippen molar-refractivity contribution in [3.05, 3.63) is 64.4 Å². The van der Waals surface area contributed by atoms with Crippen LogP contribution >= 0.6 is 22.9 Å². The van der Waals surface area contributed by atoms with Crippen molar-refractivity contribution < 1.29 is 0 Å². The number of halogens is 1. The average Bonchev–Trinajstić information content (AvgIpc) is 2.92. The van der Waals surface area contributed by atoms with E-state index < -0.39 is 0 Å². The molecule has 0 saturated carbocycles. The fourth-order valence-electron chi connectivity index (χ4n) is 2.52. The van der Waals surface area contributed by atoms with Crippen LogP contribution in [0.25, 0.3) is 22.0 Å². The van der Waals surface area contributed by atoms with E-state index in [1.807, 2.05) is 6.07 Å². The SMILES string of the molecule is CN1C=C/C(=C\c2nc3ncc(Cl)cc3s2)c2ccccc21. The molecule has 0 bridgehead atoms. The Balaban J connectivity index is 1.83. The number of fused-ring (bicyclic) bond motifs is 2. The van der Waals surface area contributed by atoms with Gasteiger partial charge in [-0.1, -0.05) is 29.8 Å². The number of benzene rings is 1. The largest absolute Gasteiger partial charge is 0.351 e. The summed E-state index contributed by atoms with van der Waals surface area (Å²) in [7, 11) is 2.05. The predicted octanol–water partition coefficient (Wildman–Crippen LogP) is 4.85. The van der Waals surface area contributed by atoms with Gasteiger partial charge in [-0.15, -0.1) is 11.3 Å². The van der Waals surface area contributed by atoms with Crippen LogP contribution in [0.1, 0.15) is 10.6 Å². The van der Waals surface area contributed by atoms with Crippen LogP contribution in [0.2, 0.25) is 5.02 Å². The van der Waals surface area contributed by atoms with E-state index in [1.165, 1.54) is 11.3 Å². The van der Waals surface area contributed by atoms with Gasteiger partial charge in [-0.05, 0) is 29.9 Å². The lowest BCUT2D eigenvalue weighted by molar-refractivity contribution is 1.18. The summed E-state index contributed by atoms with van der Waals surface area (Å²) in [6.07, 6.45) is 7.90. The second-order valence-corrected chi connectivity index (χ2v) is 6.57. The number of para-hydroxylation sites is 1. The fraction of sp³-hybridized carbons (Fsp3) is 0.0588. The molecule has 0 fully saturated rings. The molecule has 0 saturated heterocycles. The maximum atomic E-state index is 5.99. The van der Waals surface area contributed by atoms with E-state index in [1.54, 1.807) is 17.5 Å². The van der Waals surface area contributed by atoms with E-state index in [4.69, 9.17) is 11.6 Å². The van der Waals surface area contributed by atoms with Gasteiger partial charge in [0.2, 0.25) is 0 Å². The van der Waals surface area contributed by atoms with E-state index >= 15 is 0 Å². The summed E-state index contributed by atoms with van der Waals surface area (Å²) in [6, 6.07) is 10.3. The molecule has 5 heteroatoms. The molecule has 0 unspecified atom stereocenters. The van der Waals surface area contributed by atoms with Gasteiger partial charge in [-0.2, -0.15) is 0 Å². The highest BCUT2D eigenvalue weighted by Gasteiger charge is 2.13. The van der Waals surface area contributed by atoms with Gasteiger partial charge < -0.3 is 4.90 Å². The lowest BCUT2D eigenvalue weighted by Crippen LogP contribution is -2.13. The van der Waals surface area contributed by atoms with E-state index in [9.17, 15) is 0 Å². The lowest BCUT2D eigenvalue weighted by atomic mass is 10.0. The molecule has 0 aliphatic carbocycles. The van der Waals surface area contributed by atoms with Crippen LogP contribution in [-0.4, -0.2) is 17.0 Å². The van der Waals surface area contributed by atoms with Crippen LogP contribution in [0.3, 0.4) is 0 Å². The van der Waals surface area contributed by atoms with Crippen molar-refractivity contribution in [3.8, 4) is 0 Å². The average molecular weight is 326 g/mol.